The van der Waals surface area contributed by atoms with Crippen LogP contribution < -0.4 is 11.1 Å². The molecule has 0 aliphatic heterocycles. The van der Waals surface area contributed by atoms with Crippen LogP contribution in [0.25, 0.3) is 0 Å². The Balaban J connectivity index is 5.38. The van der Waals surface area contributed by atoms with Gasteiger partial charge in [-0.2, -0.15) is 11.8 Å². The largest absolute Gasteiger partial charge is 0.479 e. The molecule has 0 aromatic rings. The molecule has 17 heavy (non-hydrogen) atoms. The summed E-state index contributed by atoms with van der Waals surface area (Å²) < 4.78 is 11.3. The van der Waals surface area contributed by atoms with E-state index in [1.165, 1.54) is 6.92 Å². The van der Waals surface area contributed by atoms with Crippen LogP contribution in [0, 0.1) is 0 Å². The van der Waals surface area contributed by atoms with E-state index < -0.39 is 31.1 Å². The van der Waals surface area contributed by atoms with Crippen LogP contribution in [0.4, 0.5) is 0 Å². The maximum atomic E-state index is 11.3. The minimum Gasteiger partial charge on any atom is -0.479 e. The van der Waals surface area contributed by atoms with Crippen molar-refractivity contribution in [3.8, 4) is 0 Å². The highest BCUT2D eigenvalue weighted by molar-refractivity contribution is 7.98. The number of carbonyl (C=O) groups is 1. The Morgan fingerprint density at radius 2 is 2.06 bits per heavy atom. The molecule has 3 unspecified atom stereocenters. The van der Waals surface area contributed by atoms with E-state index in [9.17, 15) is 9.36 Å². The molecular weight excluding hydrogens is 271 g/mol. The fraction of sp³-hybridized carbons (Fsp3) is 0.857. The summed E-state index contributed by atoms with van der Waals surface area (Å²) in [6.45, 7) is 1.30. The van der Waals surface area contributed by atoms with E-state index in [4.69, 9.17) is 25.7 Å². The lowest BCUT2D eigenvalue weighted by molar-refractivity contribution is -0.141. The molecule has 10 heteroatoms. The second kappa shape index (κ2) is 6.14. The van der Waals surface area contributed by atoms with Gasteiger partial charge in [0.1, 0.15) is 6.23 Å². The van der Waals surface area contributed by atoms with E-state index in [1.54, 1.807) is 6.26 Å². The first-order valence-electron chi connectivity index (χ1n) is 4.58. The van der Waals surface area contributed by atoms with Crippen molar-refractivity contribution in [3.05, 3.63) is 0 Å². The molecule has 0 aliphatic carbocycles. The van der Waals surface area contributed by atoms with Gasteiger partial charge in [0, 0.05) is 5.75 Å². The molecule has 0 radical (unpaired) electrons. The number of carboxylic acid groups (broad SMARTS) is 1. The van der Waals surface area contributed by atoms with Crippen molar-refractivity contribution in [2.24, 2.45) is 5.73 Å². The lowest BCUT2D eigenvalue weighted by Crippen LogP contribution is -2.64. The van der Waals surface area contributed by atoms with Crippen molar-refractivity contribution in [2.75, 3.05) is 12.0 Å². The standard InChI is InChI=1S/C7H17N2O6PS/c1-4(10)9-5(3-17-2)7(8,6(11)12)16(13,14)15/h4-5,9-10H,3,8H2,1-2H3,(H,11,12)(H2,13,14,15). The molecule has 0 aromatic carbocycles. The fourth-order valence-electron chi connectivity index (χ4n) is 1.24. The third-order valence-corrected chi connectivity index (χ3v) is 4.27. The van der Waals surface area contributed by atoms with Gasteiger partial charge in [-0.3, -0.25) is 9.88 Å². The van der Waals surface area contributed by atoms with E-state index >= 15 is 0 Å². The lowest BCUT2D eigenvalue weighted by atomic mass is 10.1. The molecule has 7 N–H and O–H groups in total. The third-order valence-electron chi connectivity index (χ3n) is 2.13. The molecule has 0 saturated heterocycles. The summed E-state index contributed by atoms with van der Waals surface area (Å²) >= 11 is 1.15. The van der Waals surface area contributed by atoms with Gasteiger partial charge >= 0.3 is 13.6 Å². The van der Waals surface area contributed by atoms with Gasteiger partial charge in [-0.25, -0.2) is 4.79 Å². The molecule has 0 amide bonds. The maximum absolute atomic E-state index is 11.3. The number of nitrogens with two attached hydrogens (primary N) is 1. The van der Waals surface area contributed by atoms with Crippen molar-refractivity contribution < 1.29 is 29.4 Å². The normalized spacial score (nSPS) is 19.4. The van der Waals surface area contributed by atoms with Crippen molar-refractivity contribution in [1.82, 2.24) is 5.32 Å². The van der Waals surface area contributed by atoms with Crippen molar-refractivity contribution >= 4 is 25.3 Å². The molecule has 3 atom stereocenters. The van der Waals surface area contributed by atoms with E-state index in [-0.39, 0.29) is 5.75 Å². The summed E-state index contributed by atoms with van der Waals surface area (Å²) in [5.41, 5.74) is 5.35. The van der Waals surface area contributed by atoms with Crippen LogP contribution in [0.5, 0.6) is 0 Å². The summed E-state index contributed by atoms with van der Waals surface area (Å²) in [6.07, 6.45) is 0.486. The van der Waals surface area contributed by atoms with Gasteiger partial charge in [0.25, 0.3) is 0 Å². The molecule has 0 spiro atoms. The van der Waals surface area contributed by atoms with E-state index in [0.717, 1.165) is 11.8 Å². The summed E-state index contributed by atoms with van der Waals surface area (Å²) in [4.78, 5) is 29.2. The van der Waals surface area contributed by atoms with Gasteiger partial charge in [-0.05, 0) is 13.2 Å². The van der Waals surface area contributed by atoms with Crippen LogP contribution >= 0.6 is 19.4 Å². The van der Waals surface area contributed by atoms with Crippen LogP contribution in [0.3, 0.4) is 0 Å². The smallest absolute Gasteiger partial charge is 0.358 e. The summed E-state index contributed by atoms with van der Waals surface area (Å²) in [5.74, 6) is -1.79. The topological polar surface area (TPSA) is 153 Å². The molecule has 0 heterocycles. The average molecular weight is 288 g/mol. The second-order valence-electron chi connectivity index (χ2n) is 3.53. The molecule has 0 fully saturated rings. The number of aliphatic hydroxyl groups is 1. The number of rotatable bonds is 7. The van der Waals surface area contributed by atoms with Gasteiger partial charge in [0.2, 0.25) is 5.28 Å². The number of hydrogen-bond acceptors (Lipinski definition) is 6. The van der Waals surface area contributed by atoms with Gasteiger partial charge in [-0.1, -0.05) is 0 Å². The summed E-state index contributed by atoms with van der Waals surface area (Å²) in [5, 5.41) is 17.6. The molecule has 0 aromatic heterocycles. The lowest BCUT2D eigenvalue weighted by Gasteiger charge is -2.34. The van der Waals surface area contributed by atoms with Gasteiger partial charge < -0.3 is 25.7 Å². The molecule has 102 valence electrons. The van der Waals surface area contributed by atoms with Crippen LogP contribution in [0.1, 0.15) is 6.92 Å². The Hall–Kier alpha value is -0.150. The van der Waals surface area contributed by atoms with Crippen molar-refractivity contribution in [3.63, 3.8) is 0 Å². The zero-order valence-corrected chi connectivity index (χ0v) is 11.1. The first-order chi connectivity index (χ1) is 7.57. The molecule has 0 aliphatic rings. The number of hydrogen-bond donors (Lipinski definition) is 6. The predicted molar refractivity (Wildman–Crippen MR) is 63.6 cm³/mol. The summed E-state index contributed by atoms with van der Waals surface area (Å²) in [6, 6.07) is -1.27. The van der Waals surface area contributed by atoms with Gasteiger partial charge in [-0.15, -0.1) is 0 Å². The minimum atomic E-state index is -5.09. The molecule has 0 bridgehead atoms. The number of aliphatic carboxylic acids is 1. The first-order valence-corrected chi connectivity index (χ1v) is 7.59. The van der Waals surface area contributed by atoms with E-state index in [1.807, 2.05) is 0 Å². The first kappa shape index (κ1) is 16.9. The number of thioether (sulfide) groups is 1. The number of nitrogens with one attached hydrogen (secondary N) is 1. The Labute approximate surface area is 103 Å². The van der Waals surface area contributed by atoms with Crippen molar-refractivity contribution in [1.29, 1.82) is 0 Å². The van der Waals surface area contributed by atoms with Gasteiger partial charge in [0.05, 0.1) is 6.04 Å². The zero-order valence-electron chi connectivity index (χ0n) is 9.40. The summed E-state index contributed by atoms with van der Waals surface area (Å²) in [7, 11) is -5.09. The van der Waals surface area contributed by atoms with Gasteiger partial charge in [0.15, 0.2) is 0 Å². The molecule has 8 nitrogen and oxygen atoms in total. The Bertz CT molecular complexity index is 321. The molecular formula is C7H17N2O6PS. The number of aliphatic hydroxyl groups excluding tert-OH is 1. The van der Waals surface area contributed by atoms with E-state index in [0.29, 0.717) is 0 Å². The third kappa shape index (κ3) is 3.92. The molecule has 0 saturated carbocycles. The Kier molecular flexibility index (Phi) is 6.09. The fourth-order valence-corrected chi connectivity index (χ4v) is 2.87. The van der Waals surface area contributed by atoms with E-state index in [2.05, 4.69) is 5.32 Å². The monoisotopic (exact) mass is 288 g/mol. The highest BCUT2D eigenvalue weighted by atomic mass is 32.2. The average Bonchev–Trinajstić information content (AvgIpc) is 2.13. The van der Waals surface area contributed by atoms with Crippen LogP contribution in [-0.4, -0.2) is 55.5 Å². The zero-order chi connectivity index (χ0) is 13.9. The van der Waals surface area contributed by atoms with Crippen LogP contribution in [0.15, 0.2) is 0 Å². The van der Waals surface area contributed by atoms with Crippen LogP contribution in [-0.2, 0) is 9.36 Å². The quantitative estimate of drug-likeness (QED) is 0.244. The maximum Gasteiger partial charge on any atom is 0.358 e. The predicted octanol–water partition coefficient (Wildman–Crippen LogP) is -1.44. The molecule has 0 rings (SSSR count). The minimum absolute atomic E-state index is 0.0266. The Morgan fingerprint density at radius 1 is 1.59 bits per heavy atom. The highest BCUT2D eigenvalue weighted by Crippen LogP contribution is 2.49. The van der Waals surface area contributed by atoms with Crippen LogP contribution in [0.2, 0.25) is 0 Å². The van der Waals surface area contributed by atoms with Crippen molar-refractivity contribution in [2.45, 2.75) is 24.5 Å². The highest BCUT2D eigenvalue weighted by Gasteiger charge is 2.56. The SMILES string of the molecule is CSCC(NC(C)O)C(N)(C(=O)O)P(=O)(O)O. The number of carboxylic acids is 1. The Morgan fingerprint density at radius 3 is 2.29 bits per heavy atom. The second-order valence-corrected chi connectivity index (χ2v) is 6.26.